The molecule has 3 rings (SSSR count). The van der Waals surface area contributed by atoms with Gasteiger partial charge in [0.2, 0.25) is 5.88 Å². The Morgan fingerprint density at radius 3 is 2.64 bits per heavy atom. The van der Waals surface area contributed by atoms with Gasteiger partial charge in [-0.1, -0.05) is 29.3 Å². The summed E-state index contributed by atoms with van der Waals surface area (Å²) in [7, 11) is 1.48. The first-order valence-corrected chi connectivity index (χ1v) is 9.19. The number of carbonyl (C=O) groups excluding carboxylic acids is 1. The van der Waals surface area contributed by atoms with E-state index in [9.17, 15) is 9.90 Å². The number of amides is 2. The van der Waals surface area contributed by atoms with Crippen molar-refractivity contribution < 1.29 is 14.6 Å². The second-order valence-corrected chi connectivity index (χ2v) is 7.03. The van der Waals surface area contributed by atoms with Gasteiger partial charge in [-0.15, -0.1) is 5.10 Å². The maximum absolute atomic E-state index is 12.4. The Balaban J connectivity index is 1.80. The van der Waals surface area contributed by atoms with Crippen LogP contribution >= 0.6 is 23.2 Å². The molecule has 10 heteroatoms. The second-order valence-electron chi connectivity index (χ2n) is 6.22. The van der Waals surface area contributed by atoms with Gasteiger partial charge < -0.3 is 15.2 Å². The highest BCUT2D eigenvalue weighted by Crippen LogP contribution is 2.31. The highest BCUT2D eigenvalue weighted by molar-refractivity contribution is 6.42. The minimum atomic E-state index is -0.881. The first-order valence-electron chi connectivity index (χ1n) is 8.43. The quantitative estimate of drug-likeness (QED) is 0.490. The highest BCUT2D eigenvalue weighted by Gasteiger charge is 2.19. The van der Waals surface area contributed by atoms with Crippen LogP contribution in [-0.2, 0) is 0 Å². The summed E-state index contributed by atoms with van der Waals surface area (Å²) < 4.78 is 5.19. The second kappa shape index (κ2) is 8.22. The van der Waals surface area contributed by atoms with Crippen molar-refractivity contribution in [2.75, 3.05) is 12.4 Å². The number of aliphatic hydroxyl groups is 1. The lowest BCUT2D eigenvalue weighted by atomic mass is 10.1. The third-order valence-corrected chi connectivity index (χ3v) is 4.90. The number of urea groups is 1. The van der Waals surface area contributed by atoms with Crippen LogP contribution in [-0.4, -0.2) is 33.4 Å². The molecule has 0 unspecified atom stereocenters. The Bertz CT molecular complexity index is 1020. The Kier molecular flexibility index (Phi) is 5.93. The minimum absolute atomic E-state index is 0.258. The summed E-state index contributed by atoms with van der Waals surface area (Å²) in [6.07, 6.45) is -0.881. The van der Waals surface area contributed by atoms with Gasteiger partial charge in [-0.05, 0) is 31.5 Å². The van der Waals surface area contributed by atoms with Gasteiger partial charge in [0.1, 0.15) is 5.82 Å². The summed E-state index contributed by atoms with van der Waals surface area (Å²) >= 11 is 11.9. The molecule has 8 nitrogen and oxygen atoms in total. The predicted octanol–water partition coefficient (Wildman–Crippen LogP) is 4.21. The molecule has 1 aromatic carbocycles. The van der Waals surface area contributed by atoms with Gasteiger partial charge in [0.25, 0.3) is 0 Å². The normalized spacial score (nSPS) is 13.2. The van der Waals surface area contributed by atoms with Gasteiger partial charge in [0.15, 0.2) is 0 Å². The van der Waals surface area contributed by atoms with E-state index in [0.29, 0.717) is 32.5 Å². The van der Waals surface area contributed by atoms with E-state index in [4.69, 9.17) is 27.9 Å². The fourth-order valence-corrected chi connectivity index (χ4v) is 3.08. The third-order valence-electron chi connectivity index (χ3n) is 4.16. The summed E-state index contributed by atoms with van der Waals surface area (Å²) in [4.78, 5) is 16.7. The van der Waals surface area contributed by atoms with Crippen LogP contribution in [0.15, 0.2) is 24.3 Å². The van der Waals surface area contributed by atoms with Crippen LogP contribution < -0.4 is 15.4 Å². The van der Waals surface area contributed by atoms with E-state index in [2.05, 4.69) is 25.8 Å². The van der Waals surface area contributed by atoms with Crippen LogP contribution in [0.5, 0.6) is 5.88 Å². The standard InChI is InChI=1S/C18H19Cl2N5O3/c1-8(10-4-5-11(19)12(20)6-10)21-18(27)23-14-7-13-15(16(22-14)9(2)26)17(28-3)25-24-13/h4-9,26H,1-3H3,(H,24,25)(H2,21,22,23,27)/t8-,9+/m1/s1. The number of aromatic nitrogens is 3. The van der Waals surface area contributed by atoms with Crippen molar-refractivity contribution >= 4 is 46.0 Å². The SMILES string of the molecule is COc1n[nH]c2cc(NC(=O)N[C@H](C)c3ccc(Cl)c(Cl)c3)nc([C@H](C)O)c12. The molecule has 0 bridgehead atoms. The number of pyridine rings is 1. The average Bonchev–Trinajstić information content (AvgIpc) is 3.05. The smallest absolute Gasteiger partial charge is 0.320 e. The number of nitrogens with zero attached hydrogens (tertiary/aromatic N) is 2. The summed E-state index contributed by atoms with van der Waals surface area (Å²) in [6.45, 7) is 3.39. The van der Waals surface area contributed by atoms with Crippen molar-refractivity contribution in [2.24, 2.45) is 0 Å². The van der Waals surface area contributed by atoms with E-state index in [-0.39, 0.29) is 11.9 Å². The molecule has 148 valence electrons. The van der Waals surface area contributed by atoms with Crippen LogP contribution in [0, 0.1) is 0 Å². The number of anilines is 1. The van der Waals surface area contributed by atoms with E-state index in [1.165, 1.54) is 7.11 Å². The van der Waals surface area contributed by atoms with Crippen molar-refractivity contribution in [1.29, 1.82) is 0 Å². The zero-order valence-corrected chi connectivity index (χ0v) is 16.9. The van der Waals surface area contributed by atoms with Crippen molar-refractivity contribution in [3.63, 3.8) is 0 Å². The molecule has 28 heavy (non-hydrogen) atoms. The summed E-state index contributed by atoms with van der Waals surface area (Å²) in [5.74, 6) is 0.580. The van der Waals surface area contributed by atoms with Crippen LogP contribution in [0.2, 0.25) is 10.0 Å². The van der Waals surface area contributed by atoms with Gasteiger partial charge in [-0.25, -0.2) is 9.78 Å². The number of rotatable bonds is 5. The van der Waals surface area contributed by atoms with Gasteiger partial charge >= 0.3 is 6.03 Å². The number of carbonyl (C=O) groups is 1. The van der Waals surface area contributed by atoms with Crippen molar-refractivity contribution in [3.8, 4) is 5.88 Å². The first-order chi connectivity index (χ1) is 13.3. The lowest BCUT2D eigenvalue weighted by Gasteiger charge is -2.16. The van der Waals surface area contributed by atoms with Gasteiger partial charge in [0.05, 0.1) is 45.9 Å². The molecule has 2 atom stereocenters. The van der Waals surface area contributed by atoms with E-state index in [1.807, 2.05) is 6.92 Å². The first kappa shape index (κ1) is 20.2. The number of fused-ring (bicyclic) bond motifs is 1. The highest BCUT2D eigenvalue weighted by atomic mass is 35.5. The summed E-state index contributed by atoms with van der Waals surface area (Å²) in [6, 6.07) is 5.98. The Morgan fingerprint density at radius 2 is 2.00 bits per heavy atom. The fourth-order valence-electron chi connectivity index (χ4n) is 2.77. The molecule has 4 N–H and O–H groups in total. The van der Waals surface area contributed by atoms with Crippen LogP contribution in [0.3, 0.4) is 0 Å². The van der Waals surface area contributed by atoms with E-state index in [1.54, 1.807) is 31.2 Å². The fraction of sp³-hybridized carbons (Fsp3) is 0.278. The van der Waals surface area contributed by atoms with Gasteiger partial charge in [-0.2, -0.15) is 0 Å². The molecule has 0 saturated heterocycles. The monoisotopic (exact) mass is 423 g/mol. The number of H-pyrrole nitrogens is 1. The maximum atomic E-state index is 12.4. The number of halogens is 2. The maximum Gasteiger partial charge on any atom is 0.320 e. The van der Waals surface area contributed by atoms with Gasteiger partial charge in [-0.3, -0.25) is 10.4 Å². The summed E-state index contributed by atoms with van der Waals surface area (Å²) in [5.41, 5.74) is 1.72. The average molecular weight is 424 g/mol. The van der Waals surface area contributed by atoms with Gasteiger partial charge in [0, 0.05) is 6.07 Å². The molecule has 2 amide bonds. The zero-order chi connectivity index (χ0) is 20.4. The Labute approximate surface area is 171 Å². The van der Waals surface area contributed by atoms with E-state index >= 15 is 0 Å². The molecular weight excluding hydrogens is 405 g/mol. The van der Waals surface area contributed by atoms with Crippen LogP contribution in [0.1, 0.15) is 37.3 Å². The molecule has 0 saturated carbocycles. The lowest BCUT2D eigenvalue weighted by molar-refractivity contribution is 0.196. The van der Waals surface area contributed by atoms with Crippen molar-refractivity contribution in [1.82, 2.24) is 20.5 Å². The van der Waals surface area contributed by atoms with E-state index in [0.717, 1.165) is 5.56 Å². The summed E-state index contributed by atoms with van der Waals surface area (Å²) in [5, 5.41) is 23.8. The number of aromatic amines is 1. The Hall–Kier alpha value is -2.55. The molecule has 0 fully saturated rings. The van der Waals surface area contributed by atoms with Crippen molar-refractivity contribution in [3.05, 3.63) is 45.6 Å². The van der Waals surface area contributed by atoms with Crippen LogP contribution in [0.4, 0.5) is 10.6 Å². The zero-order valence-electron chi connectivity index (χ0n) is 15.4. The Morgan fingerprint density at radius 1 is 1.25 bits per heavy atom. The lowest BCUT2D eigenvalue weighted by Crippen LogP contribution is -2.31. The minimum Gasteiger partial charge on any atom is -0.479 e. The molecule has 2 aromatic heterocycles. The molecule has 0 aliphatic heterocycles. The van der Waals surface area contributed by atoms with Crippen LogP contribution in [0.25, 0.3) is 10.9 Å². The number of hydrogen-bond donors (Lipinski definition) is 4. The number of ether oxygens (including phenoxy) is 1. The molecule has 0 aliphatic rings. The molecule has 0 aliphatic carbocycles. The van der Waals surface area contributed by atoms with E-state index < -0.39 is 12.1 Å². The molecule has 2 heterocycles. The molecule has 3 aromatic rings. The van der Waals surface area contributed by atoms with Crippen molar-refractivity contribution in [2.45, 2.75) is 26.0 Å². The number of hydrogen-bond acceptors (Lipinski definition) is 5. The molecule has 0 spiro atoms. The molecular formula is C18H19Cl2N5O3. The number of methoxy groups -OCH3 is 1. The molecule has 0 radical (unpaired) electrons. The predicted molar refractivity (Wildman–Crippen MR) is 108 cm³/mol. The largest absolute Gasteiger partial charge is 0.479 e. The topological polar surface area (TPSA) is 112 Å². The number of benzene rings is 1. The number of nitrogens with one attached hydrogen (secondary N) is 3. The third kappa shape index (κ3) is 4.14. The number of aliphatic hydroxyl groups excluding tert-OH is 1.